The van der Waals surface area contributed by atoms with Crippen molar-refractivity contribution in [3.05, 3.63) is 29.8 Å². The number of hydrogen-bond donors (Lipinski definition) is 1. The lowest BCUT2D eigenvalue weighted by Crippen LogP contribution is -2.17. The fourth-order valence-electron chi connectivity index (χ4n) is 1.65. The molecule has 0 saturated heterocycles. The van der Waals surface area contributed by atoms with Crippen molar-refractivity contribution in [3.8, 4) is 5.75 Å². The molecule has 1 aromatic carbocycles. The van der Waals surface area contributed by atoms with Crippen LogP contribution < -0.4 is 10.5 Å². The van der Waals surface area contributed by atoms with Gasteiger partial charge in [-0.15, -0.1) is 0 Å². The fourth-order valence-corrected chi connectivity index (χ4v) is 2.29. The molecule has 0 amide bonds. The lowest BCUT2D eigenvalue weighted by molar-refractivity contribution is 0.317. The van der Waals surface area contributed by atoms with Gasteiger partial charge in [0.25, 0.3) is 0 Å². The maximum atomic E-state index is 10.9. The van der Waals surface area contributed by atoms with Crippen molar-refractivity contribution >= 4 is 9.84 Å². The van der Waals surface area contributed by atoms with E-state index in [2.05, 4.69) is 0 Å². The zero-order chi connectivity index (χ0) is 13.6. The zero-order valence-electron chi connectivity index (χ0n) is 10.9. The van der Waals surface area contributed by atoms with E-state index in [-0.39, 0.29) is 11.8 Å². The summed E-state index contributed by atoms with van der Waals surface area (Å²) < 4.78 is 27.4. The third-order valence-electron chi connectivity index (χ3n) is 2.38. The number of sulfone groups is 1. The van der Waals surface area contributed by atoms with Crippen LogP contribution in [0.5, 0.6) is 5.75 Å². The van der Waals surface area contributed by atoms with E-state index in [4.69, 9.17) is 10.5 Å². The SMILES string of the molecule is CC(N)Cc1cccc(OCCCS(C)(=O)=O)c1. The first-order valence-electron chi connectivity index (χ1n) is 6.02. The largest absolute Gasteiger partial charge is 0.494 e. The highest BCUT2D eigenvalue weighted by Crippen LogP contribution is 2.14. The second-order valence-electron chi connectivity index (χ2n) is 4.66. The highest BCUT2D eigenvalue weighted by molar-refractivity contribution is 7.90. The van der Waals surface area contributed by atoms with Crippen molar-refractivity contribution in [2.24, 2.45) is 5.73 Å². The number of ether oxygens (including phenoxy) is 1. The second-order valence-corrected chi connectivity index (χ2v) is 6.92. The van der Waals surface area contributed by atoms with Gasteiger partial charge in [0.2, 0.25) is 0 Å². The summed E-state index contributed by atoms with van der Waals surface area (Å²) in [5.41, 5.74) is 6.87. The minimum absolute atomic E-state index is 0.116. The van der Waals surface area contributed by atoms with E-state index in [0.717, 1.165) is 17.7 Å². The van der Waals surface area contributed by atoms with E-state index >= 15 is 0 Å². The minimum Gasteiger partial charge on any atom is -0.494 e. The van der Waals surface area contributed by atoms with Gasteiger partial charge in [0.05, 0.1) is 12.4 Å². The molecule has 1 atom stereocenters. The van der Waals surface area contributed by atoms with E-state index < -0.39 is 9.84 Å². The summed E-state index contributed by atoms with van der Waals surface area (Å²) in [6.45, 7) is 2.37. The first kappa shape index (κ1) is 15.0. The molecule has 0 aliphatic rings. The van der Waals surface area contributed by atoms with E-state index in [0.29, 0.717) is 13.0 Å². The Hall–Kier alpha value is -1.07. The third-order valence-corrected chi connectivity index (χ3v) is 3.41. The molecule has 0 spiro atoms. The van der Waals surface area contributed by atoms with Gasteiger partial charge >= 0.3 is 0 Å². The molecule has 0 saturated carbocycles. The maximum Gasteiger partial charge on any atom is 0.147 e. The highest BCUT2D eigenvalue weighted by atomic mass is 32.2. The second kappa shape index (κ2) is 6.75. The zero-order valence-corrected chi connectivity index (χ0v) is 11.7. The first-order valence-corrected chi connectivity index (χ1v) is 8.08. The van der Waals surface area contributed by atoms with Crippen LogP contribution in [0, 0.1) is 0 Å². The Labute approximate surface area is 109 Å². The van der Waals surface area contributed by atoms with E-state index in [1.54, 1.807) is 0 Å². The van der Waals surface area contributed by atoms with Crippen LogP contribution in [0.4, 0.5) is 0 Å². The lowest BCUT2D eigenvalue weighted by Gasteiger charge is -2.09. The van der Waals surface area contributed by atoms with Crippen LogP contribution in [0.1, 0.15) is 18.9 Å². The van der Waals surface area contributed by atoms with Crippen molar-refractivity contribution in [2.75, 3.05) is 18.6 Å². The monoisotopic (exact) mass is 271 g/mol. The summed E-state index contributed by atoms with van der Waals surface area (Å²) in [4.78, 5) is 0. The molecule has 102 valence electrons. The Morgan fingerprint density at radius 2 is 2.11 bits per heavy atom. The molecule has 1 unspecified atom stereocenters. The Balaban J connectivity index is 2.43. The Morgan fingerprint density at radius 3 is 2.72 bits per heavy atom. The molecule has 0 heterocycles. The van der Waals surface area contributed by atoms with Crippen LogP contribution in [0.3, 0.4) is 0 Å². The third kappa shape index (κ3) is 6.61. The topological polar surface area (TPSA) is 69.4 Å². The summed E-state index contributed by atoms with van der Waals surface area (Å²) in [7, 11) is -2.90. The van der Waals surface area contributed by atoms with Gasteiger partial charge in [-0.25, -0.2) is 8.42 Å². The Bertz CT molecular complexity index is 469. The van der Waals surface area contributed by atoms with Crippen LogP contribution in [0.2, 0.25) is 0 Å². The number of hydrogen-bond acceptors (Lipinski definition) is 4. The van der Waals surface area contributed by atoms with Gasteiger partial charge in [0.1, 0.15) is 15.6 Å². The molecule has 4 nitrogen and oxygen atoms in total. The summed E-state index contributed by atoms with van der Waals surface area (Å²) in [6, 6.07) is 7.86. The van der Waals surface area contributed by atoms with Gasteiger partial charge in [-0.1, -0.05) is 12.1 Å². The van der Waals surface area contributed by atoms with Gasteiger partial charge in [0.15, 0.2) is 0 Å². The van der Waals surface area contributed by atoms with Crippen molar-refractivity contribution in [1.82, 2.24) is 0 Å². The molecule has 1 aromatic rings. The smallest absolute Gasteiger partial charge is 0.147 e. The number of nitrogens with two attached hydrogens (primary N) is 1. The molecule has 0 fully saturated rings. The van der Waals surface area contributed by atoms with E-state index in [1.807, 2.05) is 31.2 Å². The Morgan fingerprint density at radius 1 is 1.39 bits per heavy atom. The minimum atomic E-state index is -2.90. The van der Waals surface area contributed by atoms with Gasteiger partial charge in [-0.05, 0) is 37.5 Å². The van der Waals surface area contributed by atoms with Crippen LogP contribution >= 0.6 is 0 Å². The van der Waals surface area contributed by atoms with Gasteiger partial charge in [-0.3, -0.25) is 0 Å². The van der Waals surface area contributed by atoms with Crippen LogP contribution in [0.15, 0.2) is 24.3 Å². The molecule has 18 heavy (non-hydrogen) atoms. The van der Waals surface area contributed by atoms with Crippen molar-refractivity contribution in [3.63, 3.8) is 0 Å². The number of rotatable bonds is 7. The van der Waals surface area contributed by atoms with Crippen molar-refractivity contribution in [1.29, 1.82) is 0 Å². The summed E-state index contributed by atoms with van der Waals surface area (Å²) >= 11 is 0. The summed E-state index contributed by atoms with van der Waals surface area (Å²) in [5.74, 6) is 0.925. The molecule has 5 heteroatoms. The van der Waals surface area contributed by atoms with Crippen molar-refractivity contribution in [2.45, 2.75) is 25.8 Å². The fraction of sp³-hybridized carbons (Fsp3) is 0.538. The quantitative estimate of drug-likeness (QED) is 0.761. The Kier molecular flexibility index (Phi) is 5.62. The van der Waals surface area contributed by atoms with E-state index in [9.17, 15) is 8.42 Å². The molecule has 0 radical (unpaired) electrons. The summed E-state index contributed by atoms with van der Waals surface area (Å²) in [6.07, 6.45) is 2.55. The number of benzene rings is 1. The molecule has 0 aromatic heterocycles. The normalized spacial score (nSPS) is 13.3. The highest BCUT2D eigenvalue weighted by Gasteiger charge is 2.03. The standard InChI is InChI=1S/C13H21NO3S/c1-11(14)9-12-5-3-6-13(10-12)17-7-4-8-18(2,15)16/h3,5-6,10-11H,4,7-9,14H2,1-2H3. The van der Waals surface area contributed by atoms with E-state index in [1.165, 1.54) is 6.26 Å². The van der Waals surface area contributed by atoms with Gasteiger partial charge < -0.3 is 10.5 Å². The molecule has 0 bridgehead atoms. The average Bonchev–Trinajstić information content (AvgIpc) is 2.23. The molecule has 2 N–H and O–H groups in total. The molecular weight excluding hydrogens is 250 g/mol. The van der Waals surface area contributed by atoms with Crippen molar-refractivity contribution < 1.29 is 13.2 Å². The maximum absolute atomic E-state index is 10.9. The first-order chi connectivity index (χ1) is 8.37. The molecule has 0 aliphatic carbocycles. The predicted molar refractivity (Wildman–Crippen MR) is 73.6 cm³/mol. The van der Waals surface area contributed by atoms with Gasteiger partial charge in [-0.2, -0.15) is 0 Å². The average molecular weight is 271 g/mol. The molecular formula is C13H21NO3S. The van der Waals surface area contributed by atoms with Gasteiger partial charge in [0, 0.05) is 12.3 Å². The van der Waals surface area contributed by atoms with Crippen LogP contribution in [0.25, 0.3) is 0 Å². The summed E-state index contributed by atoms with van der Waals surface area (Å²) in [5, 5.41) is 0. The lowest BCUT2D eigenvalue weighted by atomic mass is 10.1. The van der Waals surface area contributed by atoms with Crippen LogP contribution in [-0.4, -0.2) is 33.1 Å². The van der Waals surface area contributed by atoms with Crippen LogP contribution in [-0.2, 0) is 16.3 Å². The predicted octanol–water partition coefficient (Wildman–Crippen LogP) is 1.39. The molecule has 1 rings (SSSR count). The molecule has 0 aliphatic heterocycles.